The highest BCUT2D eigenvalue weighted by atomic mass is 16.4. The summed E-state index contributed by atoms with van der Waals surface area (Å²) in [6, 6.07) is 6.29. The molecule has 0 spiro atoms. The minimum absolute atomic E-state index is 0.201. The molecule has 0 aliphatic carbocycles. The molecule has 1 amide bonds. The lowest BCUT2D eigenvalue weighted by Gasteiger charge is -2.11. The summed E-state index contributed by atoms with van der Waals surface area (Å²) >= 11 is 0. The average molecular weight is 193 g/mol. The summed E-state index contributed by atoms with van der Waals surface area (Å²) in [5.74, 6) is 0.403. The van der Waals surface area contributed by atoms with E-state index in [4.69, 9.17) is 13.9 Å². The molecule has 2 heterocycles. The average Bonchev–Trinajstić information content (AvgIpc) is 2.75. The van der Waals surface area contributed by atoms with Gasteiger partial charge in [0.1, 0.15) is 0 Å². The number of rotatable bonds is 2. The first-order valence-electron chi connectivity index (χ1n) is 3.89. The van der Waals surface area contributed by atoms with E-state index in [1.165, 1.54) is 24.7 Å². The van der Waals surface area contributed by atoms with Crippen LogP contribution in [0, 0.1) is 0 Å². The smallest absolute Gasteiger partial charge is 0.421 e. The van der Waals surface area contributed by atoms with E-state index in [0.29, 0.717) is 0 Å². The molecule has 5 heteroatoms. The molecule has 14 heavy (non-hydrogen) atoms. The Morgan fingerprint density at radius 3 is 1.93 bits per heavy atom. The monoisotopic (exact) mass is 193 g/mol. The van der Waals surface area contributed by atoms with Crippen molar-refractivity contribution >= 4 is 17.9 Å². The molecule has 5 nitrogen and oxygen atoms in total. The Balaban J connectivity index is 2.40. The van der Waals surface area contributed by atoms with Gasteiger partial charge in [-0.15, -0.1) is 0 Å². The van der Waals surface area contributed by atoms with Crippen molar-refractivity contribution in [2.75, 3.05) is 4.90 Å². The zero-order valence-corrected chi connectivity index (χ0v) is 7.08. The predicted molar refractivity (Wildman–Crippen MR) is 47.6 cm³/mol. The van der Waals surface area contributed by atoms with Gasteiger partial charge in [0.15, 0.2) is 0 Å². The van der Waals surface area contributed by atoms with E-state index < -0.39 is 6.09 Å². The second kappa shape index (κ2) is 3.29. The fourth-order valence-corrected chi connectivity index (χ4v) is 1.09. The maximum Gasteiger partial charge on any atom is 0.421 e. The standard InChI is InChI=1S/C9H7NO4/c11-9(12)10(7-3-1-5-13-7)8-4-2-6-14-8/h1-6H,(H,11,12). The molecule has 0 aliphatic heterocycles. The summed E-state index contributed by atoms with van der Waals surface area (Å²) < 4.78 is 9.93. The van der Waals surface area contributed by atoms with Crippen molar-refractivity contribution in [3.8, 4) is 0 Å². The highest BCUT2D eigenvalue weighted by Crippen LogP contribution is 2.25. The molecule has 2 rings (SSSR count). The summed E-state index contributed by atoms with van der Waals surface area (Å²) in [5.41, 5.74) is 0. The Bertz CT molecular complexity index is 370. The van der Waals surface area contributed by atoms with Gasteiger partial charge in [-0.2, -0.15) is 4.90 Å². The van der Waals surface area contributed by atoms with E-state index in [-0.39, 0.29) is 11.8 Å². The van der Waals surface area contributed by atoms with E-state index in [1.54, 1.807) is 12.1 Å². The van der Waals surface area contributed by atoms with Crippen LogP contribution in [0.4, 0.5) is 16.6 Å². The van der Waals surface area contributed by atoms with Gasteiger partial charge in [-0.25, -0.2) is 4.79 Å². The van der Waals surface area contributed by atoms with Crippen LogP contribution in [0.25, 0.3) is 0 Å². The number of furan rings is 2. The van der Waals surface area contributed by atoms with Gasteiger partial charge in [0.25, 0.3) is 0 Å². The van der Waals surface area contributed by atoms with Crippen LogP contribution in [0.5, 0.6) is 0 Å². The molecule has 1 N–H and O–H groups in total. The number of carboxylic acid groups (broad SMARTS) is 1. The molecule has 0 atom stereocenters. The fourth-order valence-electron chi connectivity index (χ4n) is 1.09. The third kappa shape index (κ3) is 1.35. The first-order chi connectivity index (χ1) is 6.79. The number of carbonyl (C=O) groups is 1. The Hall–Kier alpha value is -2.17. The molecule has 0 saturated heterocycles. The lowest BCUT2D eigenvalue weighted by atomic mass is 10.5. The molecule has 0 unspecified atom stereocenters. The number of amides is 1. The van der Waals surface area contributed by atoms with Crippen LogP contribution in [0.3, 0.4) is 0 Å². The zero-order valence-electron chi connectivity index (χ0n) is 7.08. The lowest BCUT2D eigenvalue weighted by molar-refractivity contribution is 0.202. The SMILES string of the molecule is O=C(O)N(c1ccco1)c1ccco1. The predicted octanol–water partition coefficient (Wildman–Crippen LogP) is 2.69. The third-order valence-corrected chi connectivity index (χ3v) is 1.64. The maximum absolute atomic E-state index is 10.9. The highest BCUT2D eigenvalue weighted by Gasteiger charge is 2.21. The summed E-state index contributed by atoms with van der Waals surface area (Å²) in [6.45, 7) is 0. The first kappa shape index (κ1) is 8.43. The Morgan fingerprint density at radius 2 is 1.64 bits per heavy atom. The molecule has 0 aliphatic rings. The largest absolute Gasteiger partial charge is 0.464 e. The van der Waals surface area contributed by atoms with Crippen molar-refractivity contribution in [2.24, 2.45) is 0 Å². The van der Waals surface area contributed by atoms with Crippen molar-refractivity contribution in [3.63, 3.8) is 0 Å². The molecule has 0 fully saturated rings. The second-order valence-corrected chi connectivity index (χ2v) is 2.52. The van der Waals surface area contributed by atoms with Crippen molar-refractivity contribution in [2.45, 2.75) is 0 Å². The zero-order chi connectivity index (χ0) is 9.97. The fraction of sp³-hybridized carbons (Fsp3) is 0. The van der Waals surface area contributed by atoms with E-state index in [2.05, 4.69) is 0 Å². The van der Waals surface area contributed by atoms with Gasteiger partial charge in [0.05, 0.1) is 12.5 Å². The van der Waals surface area contributed by atoms with Crippen LogP contribution in [0.15, 0.2) is 45.6 Å². The third-order valence-electron chi connectivity index (χ3n) is 1.64. The van der Waals surface area contributed by atoms with Gasteiger partial charge in [0.2, 0.25) is 11.8 Å². The molecule has 2 aromatic heterocycles. The van der Waals surface area contributed by atoms with Crippen LogP contribution >= 0.6 is 0 Å². The summed E-state index contributed by atoms with van der Waals surface area (Å²) in [4.78, 5) is 11.8. The normalized spacial score (nSPS) is 10.0. The van der Waals surface area contributed by atoms with Crippen LogP contribution in [0.2, 0.25) is 0 Å². The second-order valence-electron chi connectivity index (χ2n) is 2.52. The molecule has 2 aromatic rings. The van der Waals surface area contributed by atoms with Crippen molar-refractivity contribution in [1.29, 1.82) is 0 Å². The summed E-state index contributed by atoms with van der Waals surface area (Å²) in [6.07, 6.45) is 1.64. The molecule has 0 radical (unpaired) electrons. The van der Waals surface area contributed by atoms with Crippen molar-refractivity contribution < 1.29 is 18.7 Å². The van der Waals surface area contributed by atoms with Crippen molar-refractivity contribution in [3.05, 3.63) is 36.8 Å². The Kier molecular flexibility index (Phi) is 1.98. The molecule has 0 aromatic carbocycles. The molecule has 72 valence electrons. The number of hydrogen-bond donors (Lipinski definition) is 1. The highest BCUT2D eigenvalue weighted by molar-refractivity contribution is 5.91. The summed E-state index contributed by atoms with van der Waals surface area (Å²) in [5, 5.41) is 8.92. The van der Waals surface area contributed by atoms with E-state index in [0.717, 1.165) is 4.90 Å². The molecular weight excluding hydrogens is 186 g/mol. The van der Waals surface area contributed by atoms with Gasteiger partial charge in [-0.3, -0.25) is 0 Å². The van der Waals surface area contributed by atoms with Gasteiger partial charge in [0, 0.05) is 12.1 Å². The van der Waals surface area contributed by atoms with Crippen LogP contribution in [-0.4, -0.2) is 11.2 Å². The van der Waals surface area contributed by atoms with E-state index >= 15 is 0 Å². The van der Waals surface area contributed by atoms with Crippen LogP contribution in [-0.2, 0) is 0 Å². The molecular formula is C9H7NO4. The van der Waals surface area contributed by atoms with Gasteiger partial charge < -0.3 is 13.9 Å². The number of hydrogen-bond acceptors (Lipinski definition) is 3. The minimum Gasteiger partial charge on any atom is -0.464 e. The summed E-state index contributed by atoms with van der Waals surface area (Å²) in [7, 11) is 0. The lowest BCUT2D eigenvalue weighted by Crippen LogP contribution is -2.22. The van der Waals surface area contributed by atoms with E-state index in [9.17, 15) is 4.79 Å². The molecule has 0 bridgehead atoms. The molecule has 0 saturated carbocycles. The van der Waals surface area contributed by atoms with Gasteiger partial charge >= 0.3 is 6.09 Å². The number of anilines is 2. The van der Waals surface area contributed by atoms with Crippen LogP contribution < -0.4 is 4.90 Å². The van der Waals surface area contributed by atoms with Crippen LogP contribution in [0.1, 0.15) is 0 Å². The van der Waals surface area contributed by atoms with E-state index in [1.807, 2.05) is 0 Å². The maximum atomic E-state index is 10.9. The minimum atomic E-state index is -1.16. The first-order valence-corrected chi connectivity index (χ1v) is 3.89. The topological polar surface area (TPSA) is 66.8 Å². The quantitative estimate of drug-likeness (QED) is 0.796. The Labute approximate surface area is 79.2 Å². The van der Waals surface area contributed by atoms with Gasteiger partial charge in [-0.1, -0.05) is 0 Å². The number of nitrogens with zero attached hydrogens (tertiary/aromatic N) is 1. The van der Waals surface area contributed by atoms with Crippen molar-refractivity contribution in [1.82, 2.24) is 0 Å². The Morgan fingerprint density at radius 1 is 1.14 bits per heavy atom. The van der Waals surface area contributed by atoms with Gasteiger partial charge in [-0.05, 0) is 12.1 Å².